The van der Waals surface area contributed by atoms with Crippen molar-refractivity contribution in [2.24, 2.45) is 0 Å². The van der Waals surface area contributed by atoms with Gasteiger partial charge in [0.1, 0.15) is 5.82 Å². The van der Waals surface area contributed by atoms with Crippen molar-refractivity contribution in [3.8, 4) is 28.4 Å². The molecule has 0 atom stereocenters. The first kappa shape index (κ1) is 17.2. The van der Waals surface area contributed by atoms with Crippen LogP contribution in [0.5, 0.6) is 17.2 Å². The van der Waals surface area contributed by atoms with E-state index in [1.165, 1.54) is 0 Å². The van der Waals surface area contributed by atoms with E-state index in [2.05, 4.69) is 21.9 Å². The monoisotopic (exact) mass is 382 g/mol. The number of ether oxygens (including phenoxy) is 3. The summed E-state index contributed by atoms with van der Waals surface area (Å²) in [5.41, 5.74) is 3.65. The molecule has 0 amide bonds. The maximum atomic E-state index is 5.40. The van der Waals surface area contributed by atoms with Crippen molar-refractivity contribution in [3.05, 3.63) is 47.4 Å². The molecule has 3 aromatic heterocycles. The topological polar surface area (TPSA) is 69.9 Å². The van der Waals surface area contributed by atoms with E-state index in [0.717, 1.165) is 22.5 Å². The van der Waals surface area contributed by atoms with Gasteiger partial charge in [-0.05, 0) is 28.5 Å². The highest BCUT2D eigenvalue weighted by atomic mass is 32.1. The molecule has 138 valence electrons. The largest absolute Gasteiger partial charge is 0.493 e. The van der Waals surface area contributed by atoms with Gasteiger partial charge >= 0.3 is 0 Å². The molecule has 0 aliphatic carbocycles. The van der Waals surface area contributed by atoms with Gasteiger partial charge in [0.25, 0.3) is 0 Å². The molecule has 7 nitrogen and oxygen atoms in total. The highest BCUT2D eigenvalue weighted by Crippen LogP contribution is 2.40. The van der Waals surface area contributed by atoms with Crippen molar-refractivity contribution >= 4 is 28.5 Å². The lowest BCUT2D eigenvalue weighted by atomic mass is 10.2. The number of hydrogen-bond donors (Lipinski definition) is 1. The lowest BCUT2D eigenvalue weighted by molar-refractivity contribution is 0.324. The van der Waals surface area contributed by atoms with Crippen LogP contribution in [0.1, 0.15) is 0 Å². The molecule has 0 aliphatic rings. The van der Waals surface area contributed by atoms with Crippen molar-refractivity contribution in [3.63, 3.8) is 0 Å². The van der Waals surface area contributed by atoms with Crippen LogP contribution in [0.25, 0.3) is 16.8 Å². The van der Waals surface area contributed by atoms with E-state index in [-0.39, 0.29) is 0 Å². The number of rotatable bonds is 6. The van der Waals surface area contributed by atoms with Gasteiger partial charge in [0, 0.05) is 29.6 Å². The van der Waals surface area contributed by atoms with Crippen LogP contribution in [0.4, 0.5) is 11.5 Å². The maximum Gasteiger partial charge on any atom is 0.203 e. The van der Waals surface area contributed by atoms with Gasteiger partial charge in [-0.25, -0.2) is 9.50 Å². The summed E-state index contributed by atoms with van der Waals surface area (Å²) in [6.45, 7) is 0. The first-order valence-corrected chi connectivity index (χ1v) is 9.11. The van der Waals surface area contributed by atoms with Crippen molar-refractivity contribution in [2.75, 3.05) is 26.6 Å². The van der Waals surface area contributed by atoms with E-state index in [0.29, 0.717) is 23.1 Å². The number of thiophene rings is 1. The van der Waals surface area contributed by atoms with Crippen molar-refractivity contribution in [1.82, 2.24) is 14.6 Å². The van der Waals surface area contributed by atoms with Crippen LogP contribution < -0.4 is 19.5 Å². The molecule has 0 spiro atoms. The average Bonchev–Trinajstić information content (AvgIpc) is 3.36. The first-order valence-electron chi connectivity index (χ1n) is 8.17. The Kier molecular flexibility index (Phi) is 4.55. The summed E-state index contributed by atoms with van der Waals surface area (Å²) in [5.74, 6) is 2.38. The second kappa shape index (κ2) is 7.16. The Morgan fingerprint density at radius 3 is 2.44 bits per heavy atom. The smallest absolute Gasteiger partial charge is 0.203 e. The lowest BCUT2D eigenvalue weighted by Crippen LogP contribution is -2.00. The van der Waals surface area contributed by atoms with Crippen LogP contribution in [0.3, 0.4) is 0 Å². The highest BCUT2D eigenvalue weighted by Gasteiger charge is 2.14. The van der Waals surface area contributed by atoms with E-state index in [1.54, 1.807) is 37.2 Å². The zero-order valence-corrected chi connectivity index (χ0v) is 15.9. The Morgan fingerprint density at radius 2 is 1.81 bits per heavy atom. The molecule has 1 N–H and O–H groups in total. The number of hydrogen-bond acceptors (Lipinski definition) is 7. The summed E-state index contributed by atoms with van der Waals surface area (Å²) in [4.78, 5) is 4.72. The number of nitrogens with one attached hydrogen (secondary N) is 1. The Balaban J connectivity index is 1.72. The van der Waals surface area contributed by atoms with E-state index in [9.17, 15) is 0 Å². The van der Waals surface area contributed by atoms with Crippen molar-refractivity contribution in [1.29, 1.82) is 0 Å². The van der Waals surface area contributed by atoms with Crippen LogP contribution in [0.2, 0.25) is 0 Å². The third-order valence-electron chi connectivity index (χ3n) is 4.14. The summed E-state index contributed by atoms with van der Waals surface area (Å²) >= 11 is 1.64. The zero-order valence-electron chi connectivity index (χ0n) is 15.1. The molecular formula is C19H18N4O3S. The van der Waals surface area contributed by atoms with Gasteiger partial charge in [-0.2, -0.15) is 16.4 Å². The second-order valence-corrected chi connectivity index (χ2v) is 6.47. The first-order chi connectivity index (χ1) is 13.2. The van der Waals surface area contributed by atoms with Crippen LogP contribution in [0, 0.1) is 0 Å². The SMILES string of the molecule is COc1cc(Nc2ccn3ncc(-c4ccsc4)c3n2)cc(OC)c1OC. The third kappa shape index (κ3) is 3.15. The van der Waals surface area contributed by atoms with Gasteiger partial charge in [0.2, 0.25) is 5.75 Å². The van der Waals surface area contributed by atoms with Crippen molar-refractivity contribution < 1.29 is 14.2 Å². The summed E-state index contributed by atoms with van der Waals surface area (Å²) in [7, 11) is 4.75. The van der Waals surface area contributed by atoms with E-state index >= 15 is 0 Å². The molecule has 8 heteroatoms. The molecule has 0 radical (unpaired) electrons. The standard InChI is InChI=1S/C19H18N4O3S/c1-24-15-8-13(9-16(25-2)18(15)26-3)21-17-4-6-23-19(22-17)14(10-20-23)12-5-7-27-11-12/h4-11H,1-3H3,(H,21,22). The molecule has 0 fully saturated rings. The number of anilines is 2. The van der Waals surface area contributed by atoms with Crippen molar-refractivity contribution in [2.45, 2.75) is 0 Å². The van der Waals surface area contributed by atoms with Crippen LogP contribution >= 0.6 is 11.3 Å². The predicted octanol–water partition coefficient (Wildman–Crippen LogP) is 4.23. The number of nitrogens with zero attached hydrogens (tertiary/aromatic N) is 3. The minimum absolute atomic E-state index is 0.546. The number of methoxy groups -OCH3 is 3. The molecular weight excluding hydrogens is 364 g/mol. The molecule has 3 heterocycles. The molecule has 0 aliphatic heterocycles. The minimum Gasteiger partial charge on any atom is -0.493 e. The van der Waals surface area contributed by atoms with Crippen LogP contribution in [-0.4, -0.2) is 35.9 Å². The average molecular weight is 382 g/mol. The molecule has 4 aromatic rings. The number of benzene rings is 1. The fraction of sp³-hybridized carbons (Fsp3) is 0.158. The van der Waals surface area contributed by atoms with Gasteiger partial charge in [-0.1, -0.05) is 0 Å². The van der Waals surface area contributed by atoms with Gasteiger partial charge in [-0.15, -0.1) is 0 Å². The van der Waals surface area contributed by atoms with Gasteiger partial charge in [0.15, 0.2) is 17.1 Å². The molecule has 0 saturated heterocycles. The van der Waals surface area contributed by atoms with E-state index < -0.39 is 0 Å². The molecule has 0 unspecified atom stereocenters. The quantitative estimate of drug-likeness (QED) is 0.538. The lowest BCUT2D eigenvalue weighted by Gasteiger charge is -2.15. The Morgan fingerprint density at radius 1 is 1.04 bits per heavy atom. The summed E-state index contributed by atoms with van der Waals surface area (Å²) in [6.07, 6.45) is 3.70. The molecule has 27 heavy (non-hydrogen) atoms. The zero-order chi connectivity index (χ0) is 18.8. The van der Waals surface area contributed by atoms with Gasteiger partial charge < -0.3 is 19.5 Å². The molecule has 0 saturated carbocycles. The van der Waals surface area contributed by atoms with Crippen LogP contribution in [0.15, 0.2) is 47.4 Å². The predicted molar refractivity (Wildman–Crippen MR) is 106 cm³/mol. The van der Waals surface area contributed by atoms with Gasteiger partial charge in [-0.3, -0.25) is 0 Å². The van der Waals surface area contributed by atoms with Crippen LogP contribution in [-0.2, 0) is 0 Å². The fourth-order valence-electron chi connectivity index (χ4n) is 2.86. The van der Waals surface area contributed by atoms with Gasteiger partial charge in [0.05, 0.1) is 27.5 Å². The van der Waals surface area contributed by atoms with E-state index in [4.69, 9.17) is 19.2 Å². The second-order valence-electron chi connectivity index (χ2n) is 5.69. The highest BCUT2D eigenvalue weighted by molar-refractivity contribution is 7.08. The number of aromatic nitrogens is 3. The summed E-state index contributed by atoms with van der Waals surface area (Å²) < 4.78 is 17.9. The normalized spacial score (nSPS) is 10.8. The number of fused-ring (bicyclic) bond motifs is 1. The summed E-state index contributed by atoms with van der Waals surface area (Å²) in [5, 5.41) is 11.8. The fourth-order valence-corrected chi connectivity index (χ4v) is 3.52. The third-order valence-corrected chi connectivity index (χ3v) is 4.82. The summed E-state index contributed by atoms with van der Waals surface area (Å²) in [6, 6.07) is 7.59. The molecule has 4 rings (SSSR count). The maximum absolute atomic E-state index is 5.40. The Labute approximate surface area is 160 Å². The molecule has 1 aromatic carbocycles. The Bertz CT molecular complexity index is 1050. The molecule has 0 bridgehead atoms. The van der Waals surface area contributed by atoms with E-state index in [1.807, 2.05) is 36.0 Å². The Hall–Kier alpha value is -3.26. The minimum atomic E-state index is 0.546.